The van der Waals surface area contributed by atoms with Gasteiger partial charge in [-0.1, -0.05) is 11.3 Å². The summed E-state index contributed by atoms with van der Waals surface area (Å²) in [5.41, 5.74) is 1.36. The number of nitrogens with zero attached hydrogens (tertiary/aromatic N) is 4. The van der Waals surface area contributed by atoms with E-state index in [0.29, 0.717) is 22.6 Å². The summed E-state index contributed by atoms with van der Waals surface area (Å²) in [6.45, 7) is -0.170. The quantitative estimate of drug-likeness (QED) is 0.540. The molecule has 0 spiro atoms. The van der Waals surface area contributed by atoms with Gasteiger partial charge in [-0.05, 0) is 37.8 Å². The summed E-state index contributed by atoms with van der Waals surface area (Å²) in [6.07, 6.45) is 4.84. The Balaban J connectivity index is 1.53. The molecule has 3 aromatic heterocycles. The van der Waals surface area contributed by atoms with Crippen LogP contribution in [-0.4, -0.2) is 42.3 Å². The fourth-order valence-electron chi connectivity index (χ4n) is 3.04. The third kappa shape index (κ3) is 3.90. The minimum Gasteiger partial charge on any atom is -0.393 e. The third-order valence-corrected chi connectivity index (χ3v) is 5.27. The first kappa shape index (κ1) is 17.1. The number of aliphatic hydroxyl groups is 2. The molecule has 1 aliphatic carbocycles. The normalized spacial score (nSPS) is 20.2. The largest absolute Gasteiger partial charge is 0.393 e. The van der Waals surface area contributed by atoms with E-state index in [0.717, 1.165) is 36.0 Å². The highest BCUT2D eigenvalue weighted by molar-refractivity contribution is 7.21. The highest BCUT2D eigenvalue weighted by Gasteiger charge is 2.20. The maximum atomic E-state index is 9.63. The summed E-state index contributed by atoms with van der Waals surface area (Å²) in [5, 5.41) is 26.3. The molecule has 4 N–H and O–H groups in total. The van der Waals surface area contributed by atoms with Gasteiger partial charge in [0, 0.05) is 18.3 Å². The summed E-state index contributed by atoms with van der Waals surface area (Å²) >= 11 is 1.44. The number of thiazole rings is 1. The number of pyridine rings is 1. The molecule has 8 nitrogen and oxygen atoms in total. The van der Waals surface area contributed by atoms with Crippen molar-refractivity contribution in [1.29, 1.82) is 0 Å². The molecular weight excluding hydrogens is 352 g/mol. The van der Waals surface area contributed by atoms with Crippen LogP contribution in [0, 0.1) is 0 Å². The monoisotopic (exact) mass is 372 g/mol. The molecule has 9 heteroatoms. The Bertz CT molecular complexity index is 861. The molecule has 0 atom stereocenters. The van der Waals surface area contributed by atoms with Crippen molar-refractivity contribution < 1.29 is 10.2 Å². The predicted octanol–water partition coefficient (Wildman–Crippen LogP) is 2.43. The Morgan fingerprint density at radius 1 is 1.15 bits per heavy atom. The molecule has 3 aromatic rings. The second kappa shape index (κ2) is 7.48. The number of anilines is 3. The van der Waals surface area contributed by atoms with Crippen LogP contribution in [0.25, 0.3) is 10.3 Å². The Hall–Kier alpha value is -2.36. The van der Waals surface area contributed by atoms with Crippen molar-refractivity contribution in [1.82, 2.24) is 19.9 Å². The van der Waals surface area contributed by atoms with Crippen molar-refractivity contribution in [2.24, 2.45) is 0 Å². The van der Waals surface area contributed by atoms with Gasteiger partial charge in [-0.2, -0.15) is 4.98 Å². The first-order valence-electron chi connectivity index (χ1n) is 8.61. The van der Waals surface area contributed by atoms with E-state index in [-0.39, 0.29) is 18.8 Å². The van der Waals surface area contributed by atoms with Crippen LogP contribution in [0.3, 0.4) is 0 Å². The van der Waals surface area contributed by atoms with Gasteiger partial charge in [-0.25, -0.2) is 15.0 Å². The van der Waals surface area contributed by atoms with Gasteiger partial charge in [0.2, 0.25) is 5.95 Å². The minimum atomic E-state index is -0.206. The second-order valence-electron chi connectivity index (χ2n) is 6.35. The molecule has 0 aromatic carbocycles. The average molecular weight is 372 g/mol. The Morgan fingerprint density at radius 2 is 2.00 bits per heavy atom. The Morgan fingerprint density at radius 3 is 2.77 bits per heavy atom. The lowest BCUT2D eigenvalue weighted by molar-refractivity contribution is 0.126. The topological polar surface area (TPSA) is 116 Å². The molecule has 0 radical (unpaired) electrons. The molecule has 1 aliphatic rings. The Kier molecular flexibility index (Phi) is 4.91. The van der Waals surface area contributed by atoms with E-state index in [1.54, 1.807) is 12.3 Å². The number of aromatic nitrogens is 4. The van der Waals surface area contributed by atoms with Crippen molar-refractivity contribution in [2.45, 2.75) is 44.4 Å². The SMILES string of the molecule is OCc1cc(Nc2nc3cccnc3s2)nc(N[C@H]2CC[C@H](O)CC2)n1. The lowest BCUT2D eigenvalue weighted by Gasteiger charge is -2.26. The van der Waals surface area contributed by atoms with Crippen LogP contribution in [0.5, 0.6) is 0 Å². The number of hydrogen-bond acceptors (Lipinski definition) is 9. The highest BCUT2D eigenvalue weighted by Crippen LogP contribution is 2.27. The summed E-state index contributed by atoms with van der Waals surface area (Å²) in [4.78, 5) is 18.5. The molecule has 0 unspecified atom stereocenters. The van der Waals surface area contributed by atoms with Crippen molar-refractivity contribution in [3.05, 3.63) is 30.1 Å². The van der Waals surface area contributed by atoms with Gasteiger partial charge < -0.3 is 20.8 Å². The van der Waals surface area contributed by atoms with Gasteiger partial charge in [-0.3, -0.25) is 0 Å². The second-order valence-corrected chi connectivity index (χ2v) is 7.33. The smallest absolute Gasteiger partial charge is 0.225 e. The van der Waals surface area contributed by atoms with Crippen LogP contribution in [0.1, 0.15) is 31.4 Å². The highest BCUT2D eigenvalue weighted by atomic mass is 32.1. The first-order chi connectivity index (χ1) is 12.7. The Labute approximate surface area is 154 Å². The number of fused-ring (bicyclic) bond motifs is 1. The third-order valence-electron chi connectivity index (χ3n) is 4.37. The number of rotatable bonds is 5. The van der Waals surface area contributed by atoms with Crippen molar-refractivity contribution in [2.75, 3.05) is 10.6 Å². The van der Waals surface area contributed by atoms with Gasteiger partial charge in [0.25, 0.3) is 0 Å². The number of aliphatic hydroxyl groups excluding tert-OH is 2. The number of nitrogens with one attached hydrogen (secondary N) is 2. The van der Waals surface area contributed by atoms with Crippen molar-refractivity contribution >= 4 is 38.6 Å². The zero-order valence-electron chi connectivity index (χ0n) is 14.1. The lowest BCUT2D eigenvalue weighted by atomic mass is 9.93. The summed E-state index contributed by atoms with van der Waals surface area (Å²) in [6, 6.07) is 5.69. The molecule has 0 amide bonds. The van der Waals surface area contributed by atoms with E-state index in [9.17, 15) is 10.2 Å². The fraction of sp³-hybridized carbons (Fsp3) is 0.412. The van der Waals surface area contributed by atoms with Crippen LogP contribution >= 0.6 is 11.3 Å². The molecule has 3 heterocycles. The fourth-order valence-corrected chi connectivity index (χ4v) is 3.86. The number of hydrogen-bond donors (Lipinski definition) is 4. The summed E-state index contributed by atoms with van der Waals surface area (Å²) < 4.78 is 0. The van der Waals surface area contributed by atoms with E-state index >= 15 is 0 Å². The van der Waals surface area contributed by atoms with Crippen LogP contribution in [-0.2, 0) is 6.61 Å². The molecule has 26 heavy (non-hydrogen) atoms. The predicted molar refractivity (Wildman–Crippen MR) is 101 cm³/mol. The van der Waals surface area contributed by atoms with Crippen molar-refractivity contribution in [3.8, 4) is 0 Å². The summed E-state index contributed by atoms with van der Waals surface area (Å²) in [5.74, 6) is 1.04. The molecule has 0 saturated heterocycles. The van der Waals surface area contributed by atoms with E-state index in [1.807, 2.05) is 12.1 Å². The van der Waals surface area contributed by atoms with E-state index in [1.165, 1.54) is 11.3 Å². The van der Waals surface area contributed by atoms with Gasteiger partial charge in [-0.15, -0.1) is 0 Å². The molecule has 1 saturated carbocycles. The maximum Gasteiger partial charge on any atom is 0.225 e. The zero-order chi connectivity index (χ0) is 17.9. The van der Waals surface area contributed by atoms with E-state index < -0.39 is 0 Å². The van der Waals surface area contributed by atoms with Gasteiger partial charge in [0.15, 0.2) is 5.13 Å². The van der Waals surface area contributed by atoms with Crippen LogP contribution in [0.2, 0.25) is 0 Å². The molecule has 0 aliphatic heterocycles. The molecule has 136 valence electrons. The molecule has 4 rings (SSSR count). The van der Waals surface area contributed by atoms with Crippen molar-refractivity contribution in [3.63, 3.8) is 0 Å². The van der Waals surface area contributed by atoms with Gasteiger partial charge in [0.05, 0.1) is 18.4 Å². The van der Waals surface area contributed by atoms with Crippen LogP contribution < -0.4 is 10.6 Å². The van der Waals surface area contributed by atoms with Crippen LogP contribution in [0.4, 0.5) is 16.9 Å². The first-order valence-corrected chi connectivity index (χ1v) is 9.43. The molecule has 0 bridgehead atoms. The minimum absolute atomic E-state index is 0.170. The van der Waals surface area contributed by atoms with Crippen LogP contribution in [0.15, 0.2) is 24.4 Å². The summed E-state index contributed by atoms with van der Waals surface area (Å²) in [7, 11) is 0. The zero-order valence-corrected chi connectivity index (χ0v) is 14.9. The van der Waals surface area contributed by atoms with E-state index in [4.69, 9.17) is 0 Å². The molecule has 1 fully saturated rings. The average Bonchev–Trinajstić information content (AvgIpc) is 3.05. The van der Waals surface area contributed by atoms with Gasteiger partial charge >= 0.3 is 0 Å². The standard InChI is InChI=1S/C17H20N6O2S/c24-9-11-8-14(23-17-21-13-2-1-7-18-15(13)26-17)22-16(20-11)19-10-3-5-12(25)6-4-10/h1-2,7-8,10,12,24-25H,3-6,9H2,(H2,19,20,21,22,23)/t10-,12-. The molecular formula is C17H20N6O2S. The lowest BCUT2D eigenvalue weighted by Crippen LogP contribution is -2.29. The van der Waals surface area contributed by atoms with E-state index in [2.05, 4.69) is 30.6 Å². The maximum absolute atomic E-state index is 9.63. The van der Waals surface area contributed by atoms with Gasteiger partial charge in [0.1, 0.15) is 16.2 Å².